The molecule has 0 radical (unpaired) electrons. The summed E-state index contributed by atoms with van der Waals surface area (Å²) in [6.07, 6.45) is 8.13. The van der Waals surface area contributed by atoms with Gasteiger partial charge in [-0.25, -0.2) is 0 Å². The summed E-state index contributed by atoms with van der Waals surface area (Å²) in [7, 11) is 1.80. The van der Waals surface area contributed by atoms with Gasteiger partial charge in [0.2, 0.25) is 0 Å². The predicted octanol–water partition coefficient (Wildman–Crippen LogP) is 2.31. The van der Waals surface area contributed by atoms with Crippen molar-refractivity contribution in [3.05, 3.63) is 0 Å². The Morgan fingerprint density at radius 1 is 1.48 bits per heavy atom. The van der Waals surface area contributed by atoms with Crippen LogP contribution in [-0.2, 0) is 0 Å². The van der Waals surface area contributed by atoms with Crippen molar-refractivity contribution < 1.29 is 5.11 Å². The van der Waals surface area contributed by atoms with E-state index in [1.165, 1.54) is 25.7 Å². The van der Waals surface area contributed by atoms with Crippen molar-refractivity contribution >= 4 is 53.5 Å². The molecule has 2 aliphatic rings. The molecule has 1 aliphatic carbocycles. The number of nitrogens with one attached hydrogen (secondary N) is 2. The van der Waals surface area contributed by atoms with E-state index in [0.29, 0.717) is 12.6 Å². The normalized spacial score (nSPS) is 33.4. The van der Waals surface area contributed by atoms with E-state index in [2.05, 4.69) is 21.9 Å². The molecule has 1 saturated heterocycles. The first-order valence-corrected chi connectivity index (χ1v) is 9.89. The summed E-state index contributed by atoms with van der Waals surface area (Å²) < 4.78 is 0. The largest absolute Gasteiger partial charge is 0.387 e. The number of halogens is 1. The average molecular weight is 445 g/mol. The monoisotopic (exact) mass is 445 g/mol. The third-order valence-electron chi connectivity index (χ3n) is 4.19. The second-order valence-electron chi connectivity index (χ2n) is 5.82. The van der Waals surface area contributed by atoms with E-state index in [4.69, 9.17) is 0 Å². The highest BCUT2D eigenvalue weighted by Gasteiger charge is 2.32. The lowest BCUT2D eigenvalue weighted by Gasteiger charge is -2.30. The van der Waals surface area contributed by atoms with Crippen LogP contribution < -0.4 is 10.6 Å². The Hall–Kier alpha value is 0.660. The molecule has 2 rings (SSSR count). The maximum Gasteiger partial charge on any atom is 0.191 e. The summed E-state index contributed by atoms with van der Waals surface area (Å²) in [4.78, 5) is 4.29. The van der Waals surface area contributed by atoms with Gasteiger partial charge in [0.25, 0.3) is 0 Å². The van der Waals surface area contributed by atoms with Crippen LogP contribution in [0.4, 0.5) is 0 Å². The topological polar surface area (TPSA) is 56.7 Å². The molecule has 2 fully saturated rings. The zero-order valence-corrected chi connectivity index (χ0v) is 16.9. The molecule has 0 aromatic carbocycles. The van der Waals surface area contributed by atoms with Gasteiger partial charge in [-0.15, -0.1) is 24.0 Å². The van der Waals surface area contributed by atoms with Crippen LogP contribution in [0.2, 0.25) is 0 Å². The minimum absolute atomic E-state index is 0. The summed E-state index contributed by atoms with van der Waals surface area (Å²) in [5.74, 6) is 2.72. The zero-order chi connectivity index (χ0) is 14.4. The van der Waals surface area contributed by atoms with Gasteiger partial charge in [-0.2, -0.15) is 23.5 Å². The molecule has 1 saturated carbocycles. The molecule has 1 heterocycles. The molecule has 3 atom stereocenters. The Labute approximate surface area is 154 Å². The molecule has 1 aliphatic heterocycles. The predicted molar refractivity (Wildman–Crippen MR) is 106 cm³/mol. The average Bonchev–Trinajstić information content (AvgIpc) is 2.91. The molecule has 0 aromatic rings. The summed E-state index contributed by atoms with van der Waals surface area (Å²) in [5.41, 5.74) is -0.559. The van der Waals surface area contributed by atoms with Crippen LogP contribution in [0.5, 0.6) is 0 Å². The van der Waals surface area contributed by atoms with Gasteiger partial charge in [-0.1, -0.05) is 6.42 Å². The number of hydrogen-bond donors (Lipinski definition) is 3. The van der Waals surface area contributed by atoms with E-state index >= 15 is 0 Å². The molecule has 3 unspecified atom stereocenters. The van der Waals surface area contributed by atoms with Gasteiger partial charge >= 0.3 is 0 Å². The summed E-state index contributed by atoms with van der Waals surface area (Å²) >= 11 is 3.80. The molecule has 7 heteroatoms. The van der Waals surface area contributed by atoms with Crippen molar-refractivity contribution in [1.29, 1.82) is 0 Å². The van der Waals surface area contributed by atoms with Crippen molar-refractivity contribution in [3.63, 3.8) is 0 Å². The van der Waals surface area contributed by atoms with E-state index in [1.807, 2.05) is 23.5 Å². The molecular formula is C14H28IN3OS2. The molecular weight excluding hydrogens is 417 g/mol. The number of rotatable bonds is 4. The molecule has 0 bridgehead atoms. The molecule has 0 aromatic heterocycles. The van der Waals surface area contributed by atoms with E-state index < -0.39 is 5.60 Å². The first-order chi connectivity index (χ1) is 9.65. The number of guanidine groups is 1. The lowest BCUT2D eigenvalue weighted by molar-refractivity contribution is 0.0723. The maximum absolute atomic E-state index is 10.4. The van der Waals surface area contributed by atoms with Gasteiger partial charge in [0.15, 0.2) is 5.96 Å². The van der Waals surface area contributed by atoms with Gasteiger partial charge in [-0.3, -0.25) is 4.99 Å². The minimum Gasteiger partial charge on any atom is -0.387 e. The SMILES string of the molecule is CN=C(NCC1(O)CCSC1)NC1CCCC(SC)C1.I. The smallest absolute Gasteiger partial charge is 0.191 e. The number of aliphatic imine (C=N–C) groups is 1. The van der Waals surface area contributed by atoms with Crippen LogP contribution in [0.3, 0.4) is 0 Å². The zero-order valence-electron chi connectivity index (χ0n) is 12.9. The van der Waals surface area contributed by atoms with E-state index in [9.17, 15) is 5.11 Å². The lowest BCUT2D eigenvalue weighted by atomic mass is 9.95. The van der Waals surface area contributed by atoms with Gasteiger partial charge in [-0.05, 0) is 37.7 Å². The Morgan fingerprint density at radius 3 is 2.90 bits per heavy atom. The van der Waals surface area contributed by atoms with Crippen molar-refractivity contribution in [2.45, 2.75) is 49.0 Å². The minimum atomic E-state index is -0.559. The van der Waals surface area contributed by atoms with Crippen molar-refractivity contribution in [1.82, 2.24) is 10.6 Å². The summed E-state index contributed by atoms with van der Waals surface area (Å²) in [6, 6.07) is 0.514. The second kappa shape index (κ2) is 9.72. The fraction of sp³-hybridized carbons (Fsp3) is 0.929. The fourth-order valence-corrected chi connectivity index (χ4v) is 4.98. The highest BCUT2D eigenvalue weighted by Crippen LogP contribution is 2.28. The van der Waals surface area contributed by atoms with Crippen LogP contribution in [-0.4, -0.2) is 59.3 Å². The second-order valence-corrected chi connectivity index (χ2v) is 8.06. The van der Waals surface area contributed by atoms with Gasteiger partial charge in [0, 0.05) is 30.6 Å². The third kappa shape index (κ3) is 6.35. The number of aliphatic hydroxyl groups is 1. The molecule has 124 valence electrons. The van der Waals surface area contributed by atoms with Crippen LogP contribution in [0.15, 0.2) is 4.99 Å². The molecule has 4 nitrogen and oxygen atoms in total. The first kappa shape index (κ1) is 19.7. The summed E-state index contributed by atoms with van der Waals surface area (Å²) in [5, 5.41) is 17.9. The Kier molecular flexibility index (Phi) is 9.12. The van der Waals surface area contributed by atoms with Crippen LogP contribution in [0, 0.1) is 0 Å². The molecule has 0 spiro atoms. The standard InChI is InChI=1S/C14H27N3OS2.HI/c1-15-13(16-9-14(18)6-7-20-10-14)17-11-4-3-5-12(8-11)19-2;/h11-12,18H,3-10H2,1-2H3,(H2,15,16,17);1H. The summed E-state index contributed by atoms with van der Waals surface area (Å²) in [6.45, 7) is 0.596. The maximum atomic E-state index is 10.4. The van der Waals surface area contributed by atoms with Crippen molar-refractivity contribution in [2.24, 2.45) is 4.99 Å². The highest BCUT2D eigenvalue weighted by molar-refractivity contribution is 14.0. The van der Waals surface area contributed by atoms with Crippen LogP contribution in [0.25, 0.3) is 0 Å². The van der Waals surface area contributed by atoms with Crippen molar-refractivity contribution in [3.8, 4) is 0 Å². The van der Waals surface area contributed by atoms with E-state index in [-0.39, 0.29) is 24.0 Å². The lowest BCUT2D eigenvalue weighted by Crippen LogP contribution is -2.50. The third-order valence-corrected chi connectivity index (χ3v) is 6.52. The molecule has 3 N–H and O–H groups in total. The number of nitrogens with zero attached hydrogens (tertiary/aromatic N) is 1. The van der Waals surface area contributed by atoms with Crippen LogP contribution >= 0.6 is 47.5 Å². The first-order valence-electron chi connectivity index (χ1n) is 7.45. The Morgan fingerprint density at radius 2 is 2.29 bits per heavy atom. The van der Waals surface area contributed by atoms with E-state index in [1.54, 1.807) is 7.05 Å². The highest BCUT2D eigenvalue weighted by atomic mass is 127. The van der Waals surface area contributed by atoms with Crippen LogP contribution in [0.1, 0.15) is 32.1 Å². The Balaban J connectivity index is 0.00000220. The van der Waals surface area contributed by atoms with Gasteiger partial charge in [0.05, 0.1) is 5.60 Å². The number of thioether (sulfide) groups is 2. The Bertz CT molecular complexity index is 338. The molecule has 0 amide bonds. The van der Waals surface area contributed by atoms with Gasteiger partial charge in [0.1, 0.15) is 0 Å². The number of hydrogen-bond acceptors (Lipinski definition) is 4. The van der Waals surface area contributed by atoms with E-state index in [0.717, 1.165) is 29.1 Å². The fourth-order valence-electron chi connectivity index (χ4n) is 2.86. The van der Waals surface area contributed by atoms with Crippen molar-refractivity contribution in [2.75, 3.05) is 31.4 Å². The molecule has 21 heavy (non-hydrogen) atoms. The van der Waals surface area contributed by atoms with Gasteiger partial charge < -0.3 is 15.7 Å². The quantitative estimate of drug-likeness (QED) is 0.352.